The Kier molecular flexibility index (Phi) is 3.33. The summed E-state index contributed by atoms with van der Waals surface area (Å²) < 4.78 is 11.8. The van der Waals surface area contributed by atoms with Crippen molar-refractivity contribution < 1.29 is 9.15 Å². The molecule has 0 aliphatic heterocycles. The van der Waals surface area contributed by atoms with Gasteiger partial charge in [-0.25, -0.2) is 4.79 Å². The van der Waals surface area contributed by atoms with Crippen molar-refractivity contribution in [1.82, 2.24) is 4.57 Å². The number of benzene rings is 1. The molecule has 0 unspecified atom stereocenters. The van der Waals surface area contributed by atoms with Crippen molar-refractivity contribution in [1.29, 1.82) is 0 Å². The SMILES string of the molecule is COCCn1c(=O)oc2ccc(C(C)C)cc21. The van der Waals surface area contributed by atoms with Crippen molar-refractivity contribution in [2.75, 3.05) is 13.7 Å². The summed E-state index contributed by atoms with van der Waals surface area (Å²) in [5, 5.41) is 0. The summed E-state index contributed by atoms with van der Waals surface area (Å²) in [4.78, 5) is 11.7. The summed E-state index contributed by atoms with van der Waals surface area (Å²) in [6.45, 7) is 5.27. The molecule has 2 rings (SSSR count). The number of rotatable bonds is 4. The Morgan fingerprint density at radius 3 is 2.82 bits per heavy atom. The fourth-order valence-corrected chi connectivity index (χ4v) is 1.83. The molecule has 0 saturated heterocycles. The first-order valence-corrected chi connectivity index (χ1v) is 5.75. The molecule has 0 fully saturated rings. The number of aromatic nitrogens is 1. The van der Waals surface area contributed by atoms with Crippen molar-refractivity contribution in [3.05, 3.63) is 34.3 Å². The predicted octanol–water partition coefficient (Wildman–Crippen LogP) is 2.36. The predicted molar refractivity (Wildman–Crippen MR) is 66.4 cm³/mol. The van der Waals surface area contributed by atoms with Crippen molar-refractivity contribution in [2.24, 2.45) is 0 Å². The molecule has 0 aliphatic rings. The molecule has 0 aliphatic carbocycles. The maximum Gasteiger partial charge on any atom is 0.420 e. The molecule has 4 heteroatoms. The van der Waals surface area contributed by atoms with E-state index in [1.165, 1.54) is 5.56 Å². The van der Waals surface area contributed by atoms with Gasteiger partial charge in [-0.3, -0.25) is 4.57 Å². The second-order valence-electron chi connectivity index (χ2n) is 4.39. The van der Waals surface area contributed by atoms with Crippen LogP contribution in [-0.2, 0) is 11.3 Å². The Labute approximate surface area is 99.8 Å². The number of hydrogen-bond acceptors (Lipinski definition) is 3. The first-order chi connectivity index (χ1) is 8.13. The first kappa shape index (κ1) is 11.9. The highest BCUT2D eigenvalue weighted by atomic mass is 16.5. The average molecular weight is 235 g/mol. The van der Waals surface area contributed by atoms with Crippen molar-refractivity contribution in [3.8, 4) is 0 Å². The van der Waals surface area contributed by atoms with Crippen LogP contribution in [0, 0.1) is 0 Å². The van der Waals surface area contributed by atoms with Gasteiger partial charge in [0.1, 0.15) is 0 Å². The highest BCUT2D eigenvalue weighted by Crippen LogP contribution is 2.20. The molecule has 1 aromatic carbocycles. The third-order valence-corrected chi connectivity index (χ3v) is 2.88. The second kappa shape index (κ2) is 4.75. The van der Waals surface area contributed by atoms with E-state index in [9.17, 15) is 4.79 Å². The largest absolute Gasteiger partial charge is 0.420 e. The molecule has 0 radical (unpaired) electrons. The highest BCUT2D eigenvalue weighted by Gasteiger charge is 2.10. The summed E-state index contributed by atoms with van der Waals surface area (Å²) >= 11 is 0. The third kappa shape index (κ3) is 2.26. The van der Waals surface area contributed by atoms with Gasteiger partial charge in [0.25, 0.3) is 0 Å². The number of fused-ring (bicyclic) bond motifs is 1. The summed E-state index contributed by atoms with van der Waals surface area (Å²) in [7, 11) is 1.62. The van der Waals surface area contributed by atoms with Gasteiger partial charge in [0, 0.05) is 7.11 Å². The van der Waals surface area contributed by atoms with Crippen molar-refractivity contribution >= 4 is 11.1 Å². The van der Waals surface area contributed by atoms with Gasteiger partial charge in [0.05, 0.1) is 18.7 Å². The van der Waals surface area contributed by atoms with Crippen LogP contribution in [0.15, 0.2) is 27.4 Å². The Morgan fingerprint density at radius 1 is 1.41 bits per heavy atom. The molecule has 92 valence electrons. The van der Waals surface area contributed by atoms with E-state index < -0.39 is 0 Å². The lowest BCUT2D eigenvalue weighted by Crippen LogP contribution is -2.16. The van der Waals surface area contributed by atoms with Crippen LogP contribution in [0.5, 0.6) is 0 Å². The maximum atomic E-state index is 11.7. The lowest BCUT2D eigenvalue weighted by Gasteiger charge is -2.06. The zero-order chi connectivity index (χ0) is 12.4. The molecule has 0 saturated carbocycles. The van der Waals surface area contributed by atoms with E-state index in [4.69, 9.17) is 9.15 Å². The van der Waals surface area contributed by atoms with Gasteiger partial charge in [-0.15, -0.1) is 0 Å². The monoisotopic (exact) mass is 235 g/mol. The molecule has 1 heterocycles. The van der Waals surface area contributed by atoms with E-state index >= 15 is 0 Å². The summed E-state index contributed by atoms with van der Waals surface area (Å²) in [5.41, 5.74) is 2.68. The second-order valence-corrected chi connectivity index (χ2v) is 4.39. The first-order valence-electron chi connectivity index (χ1n) is 5.75. The van der Waals surface area contributed by atoms with Crippen LogP contribution in [-0.4, -0.2) is 18.3 Å². The van der Waals surface area contributed by atoms with Crippen LogP contribution in [0.3, 0.4) is 0 Å². The molecule has 0 bridgehead atoms. The smallest absolute Gasteiger partial charge is 0.408 e. The molecule has 0 N–H and O–H groups in total. The number of ether oxygens (including phenoxy) is 1. The average Bonchev–Trinajstić information content (AvgIpc) is 2.61. The molecule has 1 aromatic heterocycles. The molecule has 0 amide bonds. The van der Waals surface area contributed by atoms with E-state index in [0.29, 0.717) is 24.7 Å². The van der Waals surface area contributed by atoms with Crippen LogP contribution in [0.2, 0.25) is 0 Å². The van der Waals surface area contributed by atoms with Crippen LogP contribution in [0.1, 0.15) is 25.3 Å². The molecule has 17 heavy (non-hydrogen) atoms. The topological polar surface area (TPSA) is 44.4 Å². The number of hydrogen-bond donors (Lipinski definition) is 0. The van der Waals surface area contributed by atoms with E-state index in [1.807, 2.05) is 18.2 Å². The Balaban J connectivity index is 2.53. The van der Waals surface area contributed by atoms with Gasteiger partial charge in [0.15, 0.2) is 5.58 Å². The van der Waals surface area contributed by atoms with Gasteiger partial charge in [-0.2, -0.15) is 0 Å². The third-order valence-electron chi connectivity index (χ3n) is 2.88. The highest BCUT2D eigenvalue weighted by molar-refractivity contribution is 5.74. The van der Waals surface area contributed by atoms with E-state index in [0.717, 1.165) is 5.52 Å². The Hall–Kier alpha value is -1.55. The Bertz CT molecular complexity index is 566. The zero-order valence-corrected chi connectivity index (χ0v) is 10.4. The van der Waals surface area contributed by atoms with Gasteiger partial charge < -0.3 is 9.15 Å². The quantitative estimate of drug-likeness (QED) is 0.817. The summed E-state index contributed by atoms with van der Waals surface area (Å²) in [6, 6.07) is 5.87. The maximum absolute atomic E-state index is 11.7. The molecule has 2 aromatic rings. The summed E-state index contributed by atoms with van der Waals surface area (Å²) in [5.74, 6) is 0.109. The standard InChI is InChI=1S/C13H17NO3/c1-9(2)10-4-5-12-11(8-10)14(6-7-16-3)13(15)17-12/h4-5,8-9H,6-7H2,1-3H3. The minimum Gasteiger partial charge on any atom is -0.408 e. The fraction of sp³-hybridized carbons (Fsp3) is 0.462. The number of oxazole rings is 1. The van der Waals surface area contributed by atoms with E-state index in [2.05, 4.69) is 13.8 Å². The fourth-order valence-electron chi connectivity index (χ4n) is 1.83. The molecular weight excluding hydrogens is 218 g/mol. The lowest BCUT2D eigenvalue weighted by atomic mass is 10.0. The van der Waals surface area contributed by atoms with Gasteiger partial charge in [-0.1, -0.05) is 19.9 Å². The molecule has 0 atom stereocenters. The van der Waals surface area contributed by atoms with Crippen molar-refractivity contribution in [2.45, 2.75) is 26.3 Å². The van der Waals surface area contributed by atoms with Crippen molar-refractivity contribution in [3.63, 3.8) is 0 Å². The number of methoxy groups -OCH3 is 1. The van der Waals surface area contributed by atoms with E-state index in [1.54, 1.807) is 11.7 Å². The molecule has 0 spiro atoms. The minimum atomic E-state index is -0.321. The molecular formula is C13H17NO3. The van der Waals surface area contributed by atoms with Gasteiger partial charge in [0.2, 0.25) is 0 Å². The van der Waals surface area contributed by atoms with Crippen LogP contribution in [0.25, 0.3) is 11.1 Å². The Morgan fingerprint density at radius 2 is 2.18 bits per heavy atom. The summed E-state index contributed by atoms with van der Waals surface area (Å²) in [6.07, 6.45) is 0. The van der Waals surface area contributed by atoms with Crippen LogP contribution in [0.4, 0.5) is 0 Å². The van der Waals surface area contributed by atoms with Crippen LogP contribution >= 0.6 is 0 Å². The van der Waals surface area contributed by atoms with Gasteiger partial charge >= 0.3 is 5.76 Å². The molecule has 4 nitrogen and oxygen atoms in total. The van der Waals surface area contributed by atoms with Crippen LogP contribution < -0.4 is 5.76 Å². The van der Waals surface area contributed by atoms with Gasteiger partial charge in [-0.05, 0) is 23.6 Å². The minimum absolute atomic E-state index is 0.321. The normalized spacial score (nSPS) is 11.5. The zero-order valence-electron chi connectivity index (χ0n) is 10.4. The lowest BCUT2D eigenvalue weighted by molar-refractivity contribution is 0.186. The van der Waals surface area contributed by atoms with E-state index in [-0.39, 0.29) is 5.76 Å². The number of nitrogens with zero attached hydrogens (tertiary/aromatic N) is 1.